The molecule has 1 aromatic heterocycles. The van der Waals surface area contributed by atoms with Gasteiger partial charge in [0, 0.05) is 32.1 Å². The number of carbonyl (C=O) groups is 1. The summed E-state index contributed by atoms with van der Waals surface area (Å²) in [5.41, 5.74) is 1.20. The molecule has 1 N–H and O–H groups in total. The Hall–Kier alpha value is -1.71. The van der Waals surface area contributed by atoms with Crippen molar-refractivity contribution in [1.82, 2.24) is 4.31 Å². The molecule has 2 aromatic rings. The number of ether oxygens (including phenoxy) is 1. The van der Waals surface area contributed by atoms with Gasteiger partial charge < -0.3 is 22.5 Å². The number of rotatable bonds is 5. The molecule has 28 heavy (non-hydrogen) atoms. The fraction of sp³-hybridized carbons (Fsp3) is 0.333. The van der Waals surface area contributed by atoms with Crippen LogP contribution in [-0.4, -0.2) is 44.9 Å². The third kappa shape index (κ3) is 5.21. The summed E-state index contributed by atoms with van der Waals surface area (Å²) in [6, 6.07) is 9.94. The first-order chi connectivity index (χ1) is 12.9. The summed E-state index contributed by atoms with van der Waals surface area (Å²) in [6.45, 7) is 3.33. The van der Waals surface area contributed by atoms with Crippen LogP contribution < -0.4 is 22.3 Å². The molecule has 0 aliphatic carbocycles. The maximum absolute atomic E-state index is 12.8. The number of benzene rings is 1. The number of nitrogens with zero attached hydrogens (tertiary/aromatic N) is 2. The van der Waals surface area contributed by atoms with Gasteiger partial charge in [0.25, 0.3) is 5.91 Å². The first-order valence-corrected chi connectivity index (χ1v) is 10.3. The highest BCUT2D eigenvalue weighted by Gasteiger charge is 2.27. The van der Waals surface area contributed by atoms with E-state index in [4.69, 9.17) is 16.3 Å². The summed E-state index contributed by atoms with van der Waals surface area (Å²) < 4.78 is 33.9. The SMILES string of the molecule is Cc1cccc[n+]1CC(=O)Nc1cc(S(=O)(=O)N2CCOCC2)ccc1Cl.[Cl-]. The second kappa shape index (κ2) is 9.67. The molecule has 1 aromatic carbocycles. The largest absolute Gasteiger partial charge is 1.00 e. The number of aryl methyl sites for hydroxylation is 1. The van der Waals surface area contributed by atoms with Crippen LogP contribution in [0.4, 0.5) is 5.69 Å². The Morgan fingerprint density at radius 3 is 2.64 bits per heavy atom. The zero-order chi connectivity index (χ0) is 19.4. The minimum atomic E-state index is -3.66. The number of carbonyl (C=O) groups excluding carboxylic acids is 1. The number of hydrogen-bond donors (Lipinski definition) is 1. The van der Waals surface area contributed by atoms with Crippen molar-refractivity contribution in [3.8, 4) is 0 Å². The second-order valence-electron chi connectivity index (χ2n) is 6.18. The van der Waals surface area contributed by atoms with Crippen molar-refractivity contribution in [3.63, 3.8) is 0 Å². The zero-order valence-corrected chi connectivity index (χ0v) is 17.6. The Bertz CT molecular complexity index is 948. The first kappa shape index (κ1) is 22.6. The highest BCUT2D eigenvalue weighted by molar-refractivity contribution is 7.89. The first-order valence-electron chi connectivity index (χ1n) is 8.50. The third-order valence-electron chi connectivity index (χ3n) is 4.30. The van der Waals surface area contributed by atoms with Crippen molar-refractivity contribution in [1.29, 1.82) is 0 Å². The van der Waals surface area contributed by atoms with Crippen LogP contribution in [0.5, 0.6) is 0 Å². The third-order valence-corrected chi connectivity index (χ3v) is 6.53. The maximum Gasteiger partial charge on any atom is 0.290 e. The summed E-state index contributed by atoms with van der Waals surface area (Å²) in [4.78, 5) is 12.5. The van der Waals surface area contributed by atoms with Crippen molar-refractivity contribution in [2.24, 2.45) is 0 Å². The Morgan fingerprint density at radius 2 is 1.96 bits per heavy atom. The van der Waals surface area contributed by atoms with E-state index in [1.165, 1.54) is 22.5 Å². The van der Waals surface area contributed by atoms with Gasteiger partial charge in [-0.05, 0) is 18.2 Å². The molecule has 0 saturated carbocycles. The number of pyridine rings is 1. The molecule has 1 amide bonds. The topological polar surface area (TPSA) is 79.6 Å². The van der Waals surface area contributed by atoms with E-state index in [0.29, 0.717) is 26.3 Å². The van der Waals surface area contributed by atoms with Crippen LogP contribution in [0, 0.1) is 6.92 Å². The van der Waals surface area contributed by atoms with Gasteiger partial charge in [0.2, 0.25) is 16.6 Å². The molecule has 152 valence electrons. The van der Waals surface area contributed by atoms with Crippen molar-refractivity contribution >= 4 is 33.2 Å². The normalized spacial score (nSPS) is 14.9. The van der Waals surface area contributed by atoms with Gasteiger partial charge in [-0.15, -0.1) is 0 Å². The van der Waals surface area contributed by atoms with E-state index in [2.05, 4.69) is 5.32 Å². The van der Waals surface area contributed by atoms with Crippen molar-refractivity contribution in [2.45, 2.75) is 18.4 Å². The lowest BCUT2D eigenvalue weighted by atomic mass is 10.3. The van der Waals surface area contributed by atoms with Crippen LogP contribution in [0.3, 0.4) is 0 Å². The van der Waals surface area contributed by atoms with Gasteiger partial charge in [0.15, 0.2) is 11.9 Å². The Morgan fingerprint density at radius 1 is 1.25 bits per heavy atom. The zero-order valence-electron chi connectivity index (χ0n) is 15.3. The molecular formula is C18H21Cl2N3O4S. The van der Waals surface area contributed by atoms with Crippen molar-refractivity contribution < 1.29 is 34.9 Å². The molecule has 0 unspecified atom stereocenters. The summed E-state index contributed by atoms with van der Waals surface area (Å²) in [5.74, 6) is -0.294. The predicted octanol–water partition coefficient (Wildman–Crippen LogP) is -1.40. The van der Waals surface area contributed by atoms with Crippen LogP contribution in [0.15, 0.2) is 47.5 Å². The van der Waals surface area contributed by atoms with E-state index in [1.807, 2.05) is 25.1 Å². The highest BCUT2D eigenvalue weighted by Crippen LogP contribution is 2.27. The molecule has 3 rings (SSSR count). The van der Waals surface area contributed by atoms with Crippen LogP contribution in [0.25, 0.3) is 0 Å². The number of aromatic nitrogens is 1. The average molecular weight is 446 g/mol. The van der Waals surface area contributed by atoms with E-state index in [0.717, 1.165) is 5.69 Å². The minimum Gasteiger partial charge on any atom is -1.00 e. The molecule has 0 atom stereocenters. The summed E-state index contributed by atoms with van der Waals surface area (Å²) in [5, 5.41) is 2.98. The van der Waals surface area contributed by atoms with Gasteiger partial charge in [0.05, 0.1) is 28.8 Å². The molecule has 10 heteroatoms. The lowest BCUT2D eigenvalue weighted by molar-refractivity contribution is -0.690. The fourth-order valence-electron chi connectivity index (χ4n) is 2.78. The number of morpholine rings is 1. The van der Waals surface area contributed by atoms with Crippen molar-refractivity contribution in [3.05, 3.63) is 53.3 Å². The predicted molar refractivity (Wildman–Crippen MR) is 101 cm³/mol. The lowest BCUT2D eigenvalue weighted by Crippen LogP contribution is -3.00. The molecule has 1 fully saturated rings. The van der Waals surface area contributed by atoms with Gasteiger partial charge in [0.1, 0.15) is 0 Å². The van der Waals surface area contributed by atoms with Gasteiger partial charge in [-0.1, -0.05) is 17.7 Å². The van der Waals surface area contributed by atoms with E-state index in [1.54, 1.807) is 10.8 Å². The van der Waals surface area contributed by atoms with Gasteiger partial charge in [-0.2, -0.15) is 8.87 Å². The van der Waals surface area contributed by atoms with Crippen LogP contribution in [-0.2, 0) is 26.1 Å². The molecular weight excluding hydrogens is 425 g/mol. The molecule has 7 nitrogen and oxygen atoms in total. The van der Waals surface area contributed by atoms with E-state index in [-0.39, 0.29) is 40.5 Å². The molecule has 1 aliphatic heterocycles. The van der Waals surface area contributed by atoms with Gasteiger partial charge in [-0.25, -0.2) is 8.42 Å². The van der Waals surface area contributed by atoms with E-state index >= 15 is 0 Å². The van der Waals surface area contributed by atoms with Gasteiger partial charge in [-0.3, -0.25) is 4.79 Å². The Labute approximate surface area is 175 Å². The quantitative estimate of drug-likeness (QED) is 0.574. The van der Waals surface area contributed by atoms with E-state index < -0.39 is 10.0 Å². The number of hydrogen-bond acceptors (Lipinski definition) is 4. The molecule has 0 spiro atoms. The fourth-order valence-corrected chi connectivity index (χ4v) is 4.38. The Balaban J connectivity index is 0.00000280. The molecule has 2 heterocycles. The number of amides is 1. The molecule has 1 aliphatic rings. The number of sulfonamides is 1. The standard InChI is InChI=1S/C18H20ClN3O4S.ClH/c1-14-4-2-3-7-21(14)13-18(23)20-17-12-15(5-6-16(17)19)27(24,25)22-8-10-26-11-9-22;/h2-7,12H,8-11,13H2,1H3;1H. The molecule has 0 radical (unpaired) electrons. The summed E-state index contributed by atoms with van der Waals surface area (Å²) >= 11 is 6.16. The summed E-state index contributed by atoms with van der Waals surface area (Å²) in [7, 11) is -3.66. The number of nitrogens with one attached hydrogen (secondary N) is 1. The highest BCUT2D eigenvalue weighted by atomic mass is 35.5. The number of halogens is 2. The van der Waals surface area contributed by atoms with Crippen LogP contribution >= 0.6 is 11.6 Å². The Kier molecular flexibility index (Phi) is 7.79. The average Bonchev–Trinajstić information content (AvgIpc) is 2.66. The minimum absolute atomic E-state index is 0. The van der Waals surface area contributed by atoms with Gasteiger partial charge >= 0.3 is 0 Å². The molecule has 0 bridgehead atoms. The second-order valence-corrected chi connectivity index (χ2v) is 8.52. The van der Waals surface area contributed by atoms with Crippen LogP contribution in [0.1, 0.15) is 5.69 Å². The maximum atomic E-state index is 12.8. The molecule has 1 saturated heterocycles. The summed E-state index contributed by atoms with van der Waals surface area (Å²) in [6.07, 6.45) is 1.80. The smallest absolute Gasteiger partial charge is 0.290 e. The lowest BCUT2D eigenvalue weighted by Gasteiger charge is -2.26. The van der Waals surface area contributed by atoms with Crippen LogP contribution in [0.2, 0.25) is 5.02 Å². The number of anilines is 1. The monoisotopic (exact) mass is 445 g/mol. The van der Waals surface area contributed by atoms with E-state index in [9.17, 15) is 13.2 Å². The van der Waals surface area contributed by atoms with Crippen molar-refractivity contribution in [2.75, 3.05) is 31.6 Å².